The van der Waals surface area contributed by atoms with Gasteiger partial charge in [0, 0.05) is 18.2 Å². The third kappa shape index (κ3) is 3.53. The minimum absolute atomic E-state index is 0.0236. The Morgan fingerprint density at radius 1 is 1.44 bits per heavy atom. The summed E-state index contributed by atoms with van der Waals surface area (Å²) in [7, 11) is 0. The number of anilines is 1. The van der Waals surface area contributed by atoms with E-state index in [1.807, 2.05) is 25.1 Å². The summed E-state index contributed by atoms with van der Waals surface area (Å²) in [5.41, 5.74) is 6.95. The van der Waals surface area contributed by atoms with Gasteiger partial charge in [-0.25, -0.2) is 4.98 Å². The lowest BCUT2D eigenvalue weighted by Gasteiger charge is -2.27. The van der Waals surface area contributed by atoms with Gasteiger partial charge in [0.2, 0.25) is 5.91 Å². The third-order valence-electron chi connectivity index (χ3n) is 3.57. The number of hydrogen-bond acceptors (Lipinski definition) is 3. The van der Waals surface area contributed by atoms with Crippen molar-refractivity contribution in [2.75, 3.05) is 5.32 Å². The molecular formula is C14H21N3O. The number of hydrogen-bond donors (Lipinski definition) is 2. The van der Waals surface area contributed by atoms with E-state index in [-0.39, 0.29) is 11.9 Å². The van der Waals surface area contributed by atoms with Crippen molar-refractivity contribution < 1.29 is 4.79 Å². The van der Waals surface area contributed by atoms with Crippen LogP contribution >= 0.6 is 0 Å². The molecule has 1 heterocycles. The lowest BCUT2D eigenvalue weighted by Crippen LogP contribution is -2.35. The maximum absolute atomic E-state index is 11.9. The topological polar surface area (TPSA) is 68.0 Å². The van der Waals surface area contributed by atoms with E-state index in [1.54, 1.807) is 0 Å². The fraction of sp³-hybridized carbons (Fsp3) is 0.571. The van der Waals surface area contributed by atoms with Gasteiger partial charge in [0.15, 0.2) is 0 Å². The number of aromatic nitrogens is 1. The minimum Gasteiger partial charge on any atom is -0.327 e. The summed E-state index contributed by atoms with van der Waals surface area (Å²) >= 11 is 0. The average Bonchev–Trinajstić information content (AvgIpc) is 2.32. The van der Waals surface area contributed by atoms with Crippen LogP contribution in [-0.2, 0) is 4.79 Å². The molecule has 1 amide bonds. The van der Waals surface area contributed by atoms with Gasteiger partial charge in [0.25, 0.3) is 0 Å². The third-order valence-corrected chi connectivity index (χ3v) is 3.57. The van der Waals surface area contributed by atoms with Crippen molar-refractivity contribution in [1.82, 2.24) is 4.98 Å². The molecule has 98 valence electrons. The number of carbonyl (C=O) groups is 1. The highest BCUT2D eigenvalue weighted by Gasteiger charge is 2.24. The van der Waals surface area contributed by atoms with Gasteiger partial charge in [-0.1, -0.05) is 18.9 Å². The van der Waals surface area contributed by atoms with Crippen LogP contribution in [0.3, 0.4) is 0 Å². The molecule has 4 nitrogen and oxygen atoms in total. The van der Waals surface area contributed by atoms with Crippen molar-refractivity contribution in [2.45, 2.75) is 45.1 Å². The molecule has 4 heteroatoms. The van der Waals surface area contributed by atoms with E-state index < -0.39 is 0 Å². The van der Waals surface area contributed by atoms with Crippen LogP contribution in [0.25, 0.3) is 0 Å². The molecule has 0 bridgehead atoms. The Morgan fingerprint density at radius 2 is 2.22 bits per heavy atom. The summed E-state index contributed by atoms with van der Waals surface area (Å²) in [6, 6.07) is 5.79. The molecule has 0 saturated heterocycles. The quantitative estimate of drug-likeness (QED) is 0.860. The molecule has 2 unspecified atom stereocenters. The van der Waals surface area contributed by atoms with Gasteiger partial charge in [0.1, 0.15) is 5.82 Å². The molecule has 18 heavy (non-hydrogen) atoms. The number of nitrogens with zero attached hydrogens (tertiary/aromatic N) is 1. The molecule has 2 atom stereocenters. The minimum atomic E-state index is 0.0236. The van der Waals surface area contributed by atoms with E-state index in [4.69, 9.17) is 5.73 Å². The van der Waals surface area contributed by atoms with Crippen molar-refractivity contribution in [3.8, 4) is 0 Å². The number of amides is 1. The van der Waals surface area contributed by atoms with Gasteiger partial charge in [-0.15, -0.1) is 0 Å². The lowest BCUT2D eigenvalue weighted by molar-refractivity contribution is -0.117. The van der Waals surface area contributed by atoms with Crippen LogP contribution < -0.4 is 11.1 Å². The first-order valence-electron chi connectivity index (χ1n) is 6.64. The van der Waals surface area contributed by atoms with Gasteiger partial charge in [-0.05, 0) is 37.8 Å². The SMILES string of the molecule is Cc1cccc(NC(=O)CC2CCCCC2N)n1. The zero-order chi connectivity index (χ0) is 13.0. The van der Waals surface area contributed by atoms with Gasteiger partial charge in [-0.2, -0.15) is 0 Å². The molecule has 1 fully saturated rings. The number of nitrogens with two attached hydrogens (primary N) is 1. The van der Waals surface area contributed by atoms with Crippen LogP contribution in [0, 0.1) is 12.8 Å². The first-order valence-corrected chi connectivity index (χ1v) is 6.64. The van der Waals surface area contributed by atoms with Gasteiger partial charge in [0.05, 0.1) is 0 Å². The summed E-state index contributed by atoms with van der Waals surface area (Å²) in [6.07, 6.45) is 5.00. The van der Waals surface area contributed by atoms with Gasteiger partial charge in [-0.3, -0.25) is 4.79 Å². The van der Waals surface area contributed by atoms with E-state index in [2.05, 4.69) is 10.3 Å². The van der Waals surface area contributed by atoms with E-state index >= 15 is 0 Å². The fourth-order valence-electron chi connectivity index (χ4n) is 2.53. The summed E-state index contributed by atoms with van der Waals surface area (Å²) in [4.78, 5) is 16.2. The number of nitrogens with one attached hydrogen (secondary N) is 1. The second kappa shape index (κ2) is 5.96. The molecule has 0 radical (unpaired) electrons. The Morgan fingerprint density at radius 3 is 2.94 bits per heavy atom. The van der Waals surface area contributed by atoms with Crippen LogP contribution in [-0.4, -0.2) is 16.9 Å². The van der Waals surface area contributed by atoms with Crippen LogP contribution in [0.1, 0.15) is 37.8 Å². The molecule has 1 aromatic heterocycles. The van der Waals surface area contributed by atoms with Crippen LogP contribution in [0.5, 0.6) is 0 Å². The Kier molecular flexibility index (Phi) is 4.31. The number of aryl methyl sites for hydroxylation is 1. The fourth-order valence-corrected chi connectivity index (χ4v) is 2.53. The summed E-state index contributed by atoms with van der Waals surface area (Å²) in [5, 5.41) is 2.84. The van der Waals surface area contributed by atoms with Crippen molar-refractivity contribution in [3.63, 3.8) is 0 Å². The number of carbonyl (C=O) groups excluding carboxylic acids is 1. The lowest BCUT2D eigenvalue weighted by atomic mass is 9.83. The highest BCUT2D eigenvalue weighted by molar-refractivity contribution is 5.89. The van der Waals surface area contributed by atoms with E-state index in [1.165, 1.54) is 12.8 Å². The Labute approximate surface area is 108 Å². The highest BCUT2D eigenvalue weighted by atomic mass is 16.1. The summed E-state index contributed by atoms with van der Waals surface area (Å²) in [6.45, 7) is 1.91. The average molecular weight is 247 g/mol. The number of rotatable bonds is 3. The Bertz CT molecular complexity index is 419. The number of pyridine rings is 1. The van der Waals surface area contributed by atoms with E-state index in [9.17, 15) is 4.79 Å². The van der Waals surface area contributed by atoms with Crippen molar-refractivity contribution in [3.05, 3.63) is 23.9 Å². The second-order valence-corrected chi connectivity index (χ2v) is 5.12. The van der Waals surface area contributed by atoms with Crippen molar-refractivity contribution in [1.29, 1.82) is 0 Å². The van der Waals surface area contributed by atoms with Crippen LogP contribution in [0.15, 0.2) is 18.2 Å². The Balaban J connectivity index is 1.88. The van der Waals surface area contributed by atoms with Crippen LogP contribution in [0.2, 0.25) is 0 Å². The highest BCUT2D eigenvalue weighted by Crippen LogP contribution is 2.25. The van der Waals surface area contributed by atoms with Crippen molar-refractivity contribution >= 4 is 11.7 Å². The zero-order valence-electron chi connectivity index (χ0n) is 10.9. The molecule has 1 aliphatic rings. The van der Waals surface area contributed by atoms with Gasteiger partial charge >= 0.3 is 0 Å². The molecule has 0 aliphatic heterocycles. The smallest absolute Gasteiger partial charge is 0.225 e. The molecular weight excluding hydrogens is 226 g/mol. The molecule has 1 aliphatic carbocycles. The van der Waals surface area contributed by atoms with E-state index in [0.717, 1.165) is 18.5 Å². The monoisotopic (exact) mass is 247 g/mol. The van der Waals surface area contributed by atoms with Crippen LogP contribution in [0.4, 0.5) is 5.82 Å². The Hall–Kier alpha value is -1.42. The summed E-state index contributed by atoms with van der Waals surface area (Å²) in [5.74, 6) is 0.975. The normalized spacial score (nSPS) is 23.7. The standard InChI is InChI=1S/C14H21N3O/c1-10-5-4-8-13(16-10)17-14(18)9-11-6-2-3-7-12(11)15/h4-5,8,11-12H,2-3,6-7,9,15H2,1H3,(H,16,17,18). The molecule has 1 aromatic rings. The molecule has 0 spiro atoms. The molecule has 3 N–H and O–H groups in total. The second-order valence-electron chi connectivity index (χ2n) is 5.12. The predicted molar refractivity (Wildman–Crippen MR) is 72.2 cm³/mol. The zero-order valence-corrected chi connectivity index (χ0v) is 10.9. The van der Waals surface area contributed by atoms with E-state index in [0.29, 0.717) is 18.2 Å². The maximum atomic E-state index is 11.9. The largest absolute Gasteiger partial charge is 0.327 e. The first kappa shape index (κ1) is 13.0. The first-order chi connectivity index (χ1) is 8.65. The molecule has 1 saturated carbocycles. The molecule has 0 aromatic carbocycles. The maximum Gasteiger partial charge on any atom is 0.225 e. The predicted octanol–water partition coefficient (Wildman–Crippen LogP) is 2.24. The van der Waals surface area contributed by atoms with Gasteiger partial charge < -0.3 is 11.1 Å². The van der Waals surface area contributed by atoms with Crippen molar-refractivity contribution in [2.24, 2.45) is 11.7 Å². The molecule has 2 rings (SSSR count). The summed E-state index contributed by atoms with van der Waals surface area (Å²) < 4.78 is 0.